The molecule has 0 saturated carbocycles. The zero-order valence-corrected chi connectivity index (χ0v) is 12.1. The van der Waals surface area contributed by atoms with Crippen LogP contribution in [0.3, 0.4) is 0 Å². The van der Waals surface area contributed by atoms with Crippen LogP contribution < -0.4 is 0 Å². The Morgan fingerprint density at radius 1 is 1.35 bits per heavy atom. The largest absolute Gasteiger partial charge is 0.294 e. The lowest BCUT2D eigenvalue weighted by atomic mass is 9.80. The molecule has 0 N–H and O–H groups in total. The van der Waals surface area contributed by atoms with Gasteiger partial charge in [0.2, 0.25) is 0 Å². The van der Waals surface area contributed by atoms with Crippen molar-refractivity contribution in [1.29, 1.82) is 0 Å². The van der Waals surface area contributed by atoms with Gasteiger partial charge >= 0.3 is 0 Å². The second-order valence-corrected chi connectivity index (χ2v) is 5.55. The number of hydrogen-bond acceptors (Lipinski definition) is 2. The number of aryl methyl sites for hydroxylation is 3. The van der Waals surface area contributed by atoms with Gasteiger partial charge in [-0.3, -0.25) is 9.48 Å². The fourth-order valence-corrected chi connectivity index (χ4v) is 3.14. The average molecular weight is 268 g/mol. The number of ketones is 1. The first-order chi connectivity index (χ1) is 9.69. The maximum atomic E-state index is 12.6. The van der Waals surface area contributed by atoms with Gasteiger partial charge in [0, 0.05) is 23.7 Å². The van der Waals surface area contributed by atoms with E-state index in [4.69, 9.17) is 0 Å². The second-order valence-electron chi connectivity index (χ2n) is 5.55. The second kappa shape index (κ2) is 5.23. The van der Waals surface area contributed by atoms with E-state index in [9.17, 15) is 4.79 Å². The highest BCUT2D eigenvalue weighted by Crippen LogP contribution is 2.28. The van der Waals surface area contributed by atoms with Crippen molar-refractivity contribution in [2.75, 3.05) is 0 Å². The Morgan fingerprint density at radius 2 is 2.15 bits per heavy atom. The molecule has 0 spiro atoms. The monoisotopic (exact) mass is 268 g/mol. The molecule has 1 aliphatic rings. The summed E-state index contributed by atoms with van der Waals surface area (Å²) in [6.07, 6.45) is 2.76. The molecule has 0 amide bonds. The summed E-state index contributed by atoms with van der Waals surface area (Å²) < 4.78 is 2.02. The van der Waals surface area contributed by atoms with Crippen LogP contribution in [0.5, 0.6) is 0 Å². The first-order valence-corrected chi connectivity index (χ1v) is 7.34. The highest BCUT2D eigenvalue weighted by Gasteiger charge is 2.27. The third-order valence-corrected chi connectivity index (χ3v) is 4.16. The number of rotatable bonds is 3. The topological polar surface area (TPSA) is 34.9 Å². The minimum absolute atomic E-state index is 0.103. The summed E-state index contributed by atoms with van der Waals surface area (Å²) in [5.41, 5.74) is 4.34. The number of benzene rings is 1. The number of nitrogens with zero attached hydrogens (tertiary/aromatic N) is 2. The van der Waals surface area contributed by atoms with Crippen LogP contribution in [0.4, 0.5) is 0 Å². The fourth-order valence-electron chi connectivity index (χ4n) is 3.14. The van der Waals surface area contributed by atoms with Crippen LogP contribution in [0.25, 0.3) is 0 Å². The number of hydrogen-bond donors (Lipinski definition) is 0. The molecule has 3 nitrogen and oxygen atoms in total. The third kappa shape index (κ3) is 2.28. The summed E-state index contributed by atoms with van der Waals surface area (Å²) in [4.78, 5) is 12.6. The number of Topliss-reactive ketones (excluding diaryl/α,β-unsaturated/α-hetero) is 1. The molecule has 0 aliphatic heterocycles. The normalized spacial score (nSPS) is 18.1. The Morgan fingerprint density at radius 3 is 2.95 bits per heavy atom. The van der Waals surface area contributed by atoms with Gasteiger partial charge < -0.3 is 0 Å². The predicted molar refractivity (Wildman–Crippen MR) is 78.9 cm³/mol. The van der Waals surface area contributed by atoms with Gasteiger partial charge in [-0.1, -0.05) is 24.3 Å². The Bertz CT molecular complexity index is 642. The molecule has 1 heterocycles. The highest BCUT2D eigenvalue weighted by atomic mass is 16.1. The molecule has 3 rings (SSSR count). The Kier molecular flexibility index (Phi) is 3.43. The van der Waals surface area contributed by atoms with Crippen LogP contribution in [0.1, 0.15) is 40.7 Å². The molecule has 20 heavy (non-hydrogen) atoms. The van der Waals surface area contributed by atoms with E-state index in [0.717, 1.165) is 37.1 Å². The van der Waals surface area contributed by atoms with Crippen LogP contribution in [0.2, 0.25) is 0 Å². The quantitative estimate of drug-likeness (QED) is 0.856. The zero-order valence-electron chi connectivity index (χ0n) is 12.1. The van der Waals surface area contributed by atoms with Crippen LogP contribution in [0, 0.1) is 12.8 Å². The van der Waals surface area contributed by atoms with E-state index in [1.165, 1.54) is 11.3 Å². The third-order valence-electron chi connectivity index (χ3n) is 4.16. The number of fused-ring (bicyclic) bond motifs is 1. The van der Waals surface area contributed by atoms with Gasteiger partial charge in [0.1, 0.15) is 0 Å². The van der Waals surface area contributed by atoms with Gasteiger partial charge in [-0.15, -0.1) is 0 Å². The van der Waals surface area contributed by atoms with Crippen LogP contribution in [-0.2, 0) is 19.4 Å². The van der Waals surface area contributed by atoms with Crippen molar-refractivity contribution in [2.24, 2.45) is 5.92 Å². The van der Waals surface area contributed by atoms with Gasteiger partial charge in [0.05, 0.1) is 5.69 Å². The van der Waals surface area contributed by atoms with Crippen molar-refractivity contribution in [2.45, 2.75) is 39.7 Å². The Balaban J connectivity index is 1.84. The van der Waals surface area contributed by atoms with Gasteiger partial charge in [0.15, 0.2) is 5.78 Å². The molecule has 0 saturated heterocycles. The maximum absolute atomic E-state index is 12.6. The fraction of sp³-hybridized carbons (Fsp3) is 0.412. The summed E-state index contributed by atoms with van der Waals surface area (Å²) in [6.45, 7) is 4.96. The van der Waals surface area contributed by atoms with Gasteiger partial charge in [0.25, 0.3) is 0 Å². The molecule has 3 heteroatoms. The molecule has 104 valence electrons. The molecule has 2 aromatic rings. The van der Waals surface area contributed by atoms with Gasteiger partial charge in [-0.2, -0.15) is 5.10 Å². The van der Waals surface area contributed by atoms with Crippen molar-refractivity contribution in [1.82, 2.24) is 9.78 Å². The summed E-state index contributed by atoms with van der Waals surface area (Å²) in [7, 11) is 0. The number of carbonyl (C=O) groups excluding carboxylic acids is 1. The van der Waals surface area contributed by atoms with Crippen molar-refractivity contribution >= 4 is 5.78 Å². The molecular weight excluding hydrogens is 248 g/mol. The van der Waals surface area contributed by atoms with Gasteiger partial charge in [-0.25, -0.2) is 0 Å². The predicted octanol–water partition coefficient (Wildman–Crippen LogP) is 3.20. The first kappa shape index (κ1) is 13.1. The van der Waals surface area contributed by atoms with E-state index in [-0.39, 0.29) is 5.92 Å². The summed E-state index contributed by atoms with van der Waals surface area (Å²) >= 11 is 0. The molecule has 1 unspecified atom stereocenters. The Hall–Kier alpha value is -1.90. The molecule has 0 bridgehead atoms. The summed E-state index contributed by atoms with van der Waals surface area (Å²) in [6, 6.07) is 10.1. The molecule has 1 aromatic heterocycles. The summed E-state index contributed by atoms with van der Waals surface area (Å²) in [5.74, 6) is 0.402. The van der Waals surface area contributed by atoms with E-state index in [1.54, 1.807) is 0 Å². The minimum atomic E-state index is 0.103. The number of carbonyl (C=O) groups is 1. The molecule has 1 aliphatic carbocycles. The standard InChI is InChI=1S/C17H20N2O/c1-3-19-15(10-12(2)18-19)11-14-9-8-13-6-4-5-7-16(13)17(14)20/h4-7,10,14H,3,8-9,11H2,1-2H3. The minimum Gasteiger partial charge on any atom is -0.294 e. The maximum Gasteiger partial charge on any atom is 0.166 e. The number of aromatic nitrogens is 2. The van der Waals surface area contributed by atoms with E-state index in [1.807, 2.05) is 29.8 Å². The van der Waals surface area contributed by atoms with Crippen molar-refractivity contribution in [3.8, 4) is 0 Å². The zero-order chi connectivity index (χ0) is 14.1. The lowest BCUT2D eigenvalue weighted by Crippen LogP contribution is -2.25. The highest BCUT2D eigenvalue weighted by molar-refractivity contribution is 6.00. The average Bonchev–Trinajstić information content (AvgIpc) is 2.82. The molecule has 0 fully saturated rings. The van der Waals surface area contributed by atoms with Crippen LogP contribution >= 0.6 is 0 Å². The lowest BCUT2D eigenvalue weighted by Gasteiger charge is -2.23. The molecule has 1 atom stereocenters. The van der Waals surface area contributed by atoms with E-state index < -0.39 is 0 Å². The molecular formula is C17H20N2O. The first-order valence-electron chi connectivity index (χ1n) is 7.34. The molecule has 0 radical (unpaired) electrons. The smallest absolute Gasteiger partial charge is 0.166 e. The van der Waals surface area contributed by atoms with Crippen LogP contribution in [0.15, 0.2) is 30.3 Å². The van der Waals surface area contributed by atoms with E-state index in [2.05, 4.69) is 24.2 Å². The van der Waals surface area contributed by atoms with E-state index in [0.29, 0.717) is 5.78 Å². The molecule has 1 aromatic carbocycles. The van der Waals surface area contributed by atoms with Crippen LogP contribution in [-0.4, -0.2) is 15.6 Å². The lowest BCUT2D eigenvalue weighted by molar-refractivity contribution is 0.0900. The SMILES string of the molecule is CCn1nc(C)cc1CC1CCc2ccccc2C1=O. The van der Waals surface area contributed by atoms with Crippen molar-refractivity contribution in [3.63, 3.8) is 0 Å². The van der Waals surface area contributed by atoms with E-state index >= 15 is 0 Å². The van der Waals surface area contributed by atoms with Crippen molar-refractivity contribution < 1.29 is 4.79 Å². The Labute approximate surface area is 119 Å². The summed E-state index contributed by atoms with van der Waals surface area (Å²) in [5, 5.41) is 4.47. The van der Waals surface area contributed by atoms with Crippen molar-refractivity contribution in [3.05, 3.63) is 52.8 Å². The van der Waals surface area contributed by atoms with Gasteiger partial charge in [-0.05, 0) is 44.7 Å².